The quantitative estimate of drug-likeness (QED) is 0.187. The lowest BCUT2D eigenvalue weighted by molar-refractivity contribution is 0.835. The van der Waals surface area contributed by atoms with Crippen molar-refractivity contribution in [1.82, 2.24) is 19.1 Å². The Morgan fingerprint density at radius 2 is 0.875 bits per heavy atom. The molecular formula is C42H28N4O2. The van der Waals surface area contributed by atoms with Crippen molar-refractivity contribution in [3.8, 4) is 56.4 Å². The molecule has 6 heteroatoms. The predicted octanol–water partition coefficient (Wildman–Crippen LogP) is 8.60. The highest BCUT2D eigenvalue weighted by Gasteiger charge is 2.17. The summed E-state index contributed by atoms with van der Waals surface area (Å²) in [5.74, 6) is 0.599. The van der Waals surface area contributed by atoms with Crippen LogP contribution >= 0.6 is 0 Å². The van der Waals surface area contributed by atoms with Gasteiger partial charge in [0.2, 0.25) is 0 Å². The van der Waals surface area contributed by atoms with Gasteiger partial charge in [-0.2, -0.15) is 0 Å². The van der Waals surface area contributed by atoms with Gasteiger partial charge in [0.15, 0.2) is 5.82 Å². The zero-order valence-corrected chi connectivity index (χ0v) is 25.8. The van der Waals surface area contributed by atoms with Crippen LogP contribution in [-0.2, 0) is 0 Å². The van der Waals surface area contributed by atoms with E-state index in [0.29, 0.717) is 28.1 Å². The second-order valence-corrected chi connectivity index (χ2v) is 11.4. The maximum absolute atomic E-state index is 14.1. The van der Waals surface area contributed by atoms with E-state index in [2.05, 4.69) is 0 Å². The number of nitrogens with zero attached hydrogens (tertiary/aromatic N) is 4. The molecular weight excluding hydrogens is 592 g/mol. The highest BCUT2D eigenvalue weighted by Crippen LogP contribution is 2.31. The van der Waals surface area contributed by atoms with E-state index in [9.17, 15) is 9.59 Å². The molecule has 0 aliphatic heterocycles. The Balaban J connectivity index is 1.30. The second kappa shape index (κ2) is 12.3. The van der Waals surface area contributed by atoms with Crippen LogP contribution in [0.2, 0.25) is 0 Å². The number of hydrogen-bond acceptors (Lipinski definition) is 4. The fraction of sp³-hybridized carbons (Fsp3) is 0. The molecule has 228 valence electrons. The third-order valence-corrected chi connectivity index (χ3v) is 8.40. The van der Waals surface area contributed by atoms with Gasteiger partial charge in [0.1, 0.15) is 0 Å². The van der Waals surface area contributed by atoms with Crippen molar-refractivity contribution in [3.05, 3.63) is 191 Å². The molecule has 0 aliphatic rings. The van der Waals surface area contributed by atoms with Gasteiger partial charge in [-0.25, -0.2) is 19.3 Å². The summed E-state index contributed by atoms with van der Waals surface area (Å²) in [7, 11) is 0. The summed E-state index contributed by atoms with van der Waals surface area (Å²) in [6, 6.07) is 54.3. The fourth-order valence-corrected chi connectivity index (χ4v) is 6.05. The molecule has 6 nitrogen and oxygen atoms in total. The molecule has 2 aromatic heterocycles. The van der Waals surface area contributed by atoms with Crippen molar-refractivity contribution in [3.63, 3.8) is 0 Å². The minimum Gasteiger partial charge on any atom is -0.268 e. The minimum absolute atomic E-state index is 0.377. The summed E-state index contributed by atoms with van der Waals surface area (Å²) in [6.07, 6.45) is 0. The van der Waals surface area contributed by atoms with Crippen LogP contribution in [0.5, 0.6) is 0 Å². The molecule has 0 bridgehead atoms. The van der Waals surface area contributed by atoms with E-state index in [1.165, 1.54) is 4.57 Å². The summed E-state index contributed by atoms with van der Waals surface area (Å²) < 4.78 is 2.83. The topological polar surface area (TPSA) is 69.8 Å². The van der Waals surface area contributed by atoms with Gasteiger partial charge in [-0.3, -0.25) is 9.36 Å². The SMILES string of the molecule is O=c1c2cc(-c3cccc(-c4nc(-c5ccccc5)cc(-c5ccccc5)n4)c3)ccc2n(-c2ccccc2)c(=O)n1-c1ccccc1. The number of rotatable bonds is 6. The van der Waals surface area contributed by atoms with Crippen LogP contribution in [0, 0.1) is 0 Å². The molecule has 0 amide bonds. The molecule has 0 saturated carbocycles. The Labute approximate surface area is 276 Å². The summed E-state index contributed by atoms with van der Waals surface area (Å²) in [5.41, 5.74) is 7.16. The molecule has 0 saturated heterocycles. The number of hydrogen-bond donors (Lipinski definition) is 0. The molecule has 6 aromatic carbocycles. The lowest BCUT2D eigenvalue weighted by Crippen LogP contribution is -2.38. The van der Waals surface area contributed by atoms with Gasteiger partial charge >= 0.3 is 5.69 Å². The van der Waals surface area contributed by atoms with Crippen molar-refractivity contribution in [2.45, 2.75) is 0 Å². The van der Waals surface area contributed by atoms with Gasteiger partial charge in [-0.15, -0.1) is 0 Å². The van der Waals surface area contributed by atoms with Crippen molar-refractivity contribution in [1.29, 1.82) is 0 Å². The van der Waals surface area contributed by atoms with Crippen LogP contribution in [0.1, 0.15) is 0 Å². The maximum Gasteiger partial charge on any atom is 0.340 e. The van der Waals surface area contributed by atoms with E-state index in [0.717, 1.165) is 39.2 Å². The van der Waals surface area contributed by atoms with E-state index >= 15 is 0 Å². The van der Waals surface area contributed by atoms with Crippen molar-refractivity contribution in [2.75, 3.05) is 0 Å². The van der Waals surface area contributed by atoms with Gasteiger partial charge in [0, 0.05) is 16.7 Å². The summed E-state index contributed by atoms with van der Waals surface area (Å²) in [4.78, 5) is 38.0. The fourth-order valence-electron chi connectivity index (χ4n) is 6.05. The average molecular weight is 621 g/mol. The Kier molecular flexibility index (Phi) is 7.36. The van der Waals surface area contributed by atoms with Crippen molar-refractivity contribution in [2.24, 2.45) is 0 Å². The summed E-state index contributed by atoms with van der Waals surface area (Å²) in [5, 5.41) is 0.430. The minimum atomic E-state index is -0.427. The van der Waals surface area contributed by atoms with Crippen LogP contribution in [0.3, 0.4) is 0 Å². The molecule has 0 spiro atoms. The largest absolute Gasteiger partial charge is 0.340 e. The zero-order valence-electron chi connectivity index (χ0n) is 25.8. The molecule has 0 fully saturated rings. The van der Waals surface area contributed by atoms with Gasteiger partial charge < -0.3 is 0 Å². The van der Waals surface area contributed by atoms with E-state index in [1.807, 2.05) is 158 Å². The molecule has 0 unspecified atom stereocenters. The maximum atomic E-state index is 14.1. The molecule has 48 heavy (non-hydrogen) atoms. The normalized spacial score (nSPS) is 11.1. The third-order valence-electron chi connectivity index (χ3n) is 8.40. The van der Waals surface area contributed by atoms with Crippen LogP contribution in [0.15, 0.2) is 179 Å². The molecule has 0 N–H and O–H groups in total. The van der Waals surface area contributed by atoms with Gasteiger partial charge in [0.25, 0.3) is 5.56 Å². The first kappa shape index (κ1) is 28.8. The predicted molar refractivity (Wildman–Crippen MR) is 192 cm³/mol. The van der Waals surface area contributed by atoms with Crippen LogP contribution in [-0.4, -0.2) is 19.1 Å². The van der Waals surface area contributed by atoms with Crippen LogP contribution in [0.4, 0.5) is 0 Å². The molecule has 0 atom stereocenters. The van der Waals surface area contributed by atoms with Crippen LogP contribution in [0.25, 0.3) is 67.3 Å². The van der Waals surface area contributed by atoms with Crippen LogP contribution < -0.4 is 11.2 Å². The van der Waals surface area contributed by atoms with E-state index in [4.69, 9.17) is 9.97 Å². The molecule has 0 aliphatic carbocycles. The molecule has 0 radical (unpaired) electrons. The van der Waals surface area contributed by atoms with Gasteiger partial charge in [-0.1, -0.05) is 121 Å². The number of fused-ring (bicyclic) bond motifs is 1. The lowest BCUT2D eigenvalue weighted by Gasteiger charge is -2.15. The van der Waals surface area contributed by atoms with E-state index in [-0.39, 0.29) is 5.56 Å². The lowest BCUT2D eigenvalue weighted by atomic mass is 10.0. The average Bonchev–Trinajstić information content (AvgIpc) is 3.16. The van der Waals surface area contributed by atoms with E-state index in [1.54, 1.807) is 16.7 Å². The Hall–Kier alpha value is -6.66. The Morgan fingerprint density at radius 1 is 0.396 bits per heavy atom. The Morgan fingerprint density at radius 3 is 1.46 bits per heavy atom. The van der Waals surface area contributed by atoms with Crippen molar-refractivity contribution < 1.29 is 0 Å². The van der Waals surface area contributed by atoms with Crippen molar-refractivity contribution >= 4 is 10.9 Å². The summed E-state index contributed by atoms with van der Waals surface area (Å²) in [6.45, 7) is 0. The van der Waals surface area contributed by atoms with E-state index < -0.39 is 5.69 Å². The van der Waals surface area contributed by atoms with Gasteiger partial charge in [-0.05, 0) is 59.7 Å². The number of benzene rings is 6. The number of para-hydroxylation sites is 2. The standard InChI is InChI=1S/C42H28N4O2/c47-41-36-27-32(24-25-39(36)45(34-20-9-3-10-21-34)42(48)46(41)35-22-11-4-12-23-35)31-18-13-19-33(26-31)40-43-37(29-14-5-1-6-15-29)28-38(44-40)30-16-7-2-8-17-30/h1-28H. The Bertz CT molecular complexity index is 2470. The molecule has 8 aromatic rings. The highest BCUT2D eigenvalue weighted by molar-refractivity contribution is 5.86. The first-order valence-corrected chi connectivity index (χ1v) is 15.7. The van der Waals surface area contributed by atoms with Gasteiger partial charge in [0.05, 0.1) is 33.7 Å². The molecule has 8 rings (SSSR count). The molecule has 2 heterocycles. The number of aromatic nitrogens is 4. The third kappa shape index (κ3) is 5.31. The smallest absolute Gasteiger partial charge is 0.268 e. The second-order valence-electron chi connectivity index (χ2n) is 11.4. The first-order chi connectivity index (χ1) is 23.6. The first-order valence-electron chi connectivity index (χ1n) is 15.7. The zero-order chi connectivity index (χ0) is 32.5. The monoisotopic (exact) mass is 620 g/mol. The highest BCUT2D eigenvalue weighted by atomic mass is 16.2. The summed E-state index contributed by atoms with van der Waals surface area (Å²) >= 11 is 0.